The van der Waals surface area contributed by atoms with E-state index in [2.05, 4.69) is 5.32 Å². The quantitative estimate of drug-likeness (QED) is 0.796. The zero-order chi connectivity index (χ0) is 10.6. The molecule has 0 aromatic carbocycles. The maximum Gasteiger partial charge on any atom is 0.252 e. The standard InChI is InChI=1S/C10H15NO2S/c1-7(2)9(12)5-11-10(13)8-3-4-14-6-8/h3-4,6-7,9,12H,5H2,1-2H3,(H,11,13). The van der Waals surface area contributed by atoms with Crippen molar-refractivity contribution < 1.29 is 9.90 Å². The number of aliphatic hydroxyl groups is 1. The summed E-state index contributed by atoms with van der Waals surface area (Å²) in [6, 6.07) is 1.77. The number of amides is 1. The average molecular weight is 213 g/mol. The lowest BCUT2D eigenvalue weighted by Crippen LogP contribution is -2.34. The minimum atomic E-state index is -0.474. The SMILES string of the molecule is CC(C)C(O)CNC(=O)c1ccsc1. The van der Waals surface area contributed by atoms with Crippen molar-refractivity contribution in [1.29, 1.82) is 0 Å². The van der Waals surface area contributed by atoms with Crippen LogP contribution in [0.3, 0.4) is 0 Å². The molecule has 4 heteroatoms. The van der Waals surface area contributed by atoms with Crippen LogP contribution in [0.2, 0.25) is 0 Å². The second-order valence-electron chi connectivity index (χ2n) is 3.53. The second-order valence-corrected chi connectivity index (χ2v) is 4.31. The lowest BCUT2D eigenvalue weighted by atomic mass is 10.1. The zero-order valence-electron chi connectivity index (χ0n) is 8.36. The van der Waals surface area contributed by atoms with E-state index in [1.807, 2.05) is 19.2 Å². The topological polar surface area (TPSA) is 49.3 Å². The molecule has 78 valence electrons. The van der Waals surface area contributed by atoms with Crippen molar-refractivity contribution in [2.75, 3.05) is 6.54 Å². The van der Waals surface area contributed by atoms with Crippen molar-refractivity contribution in [3.05, 3.63) is 22.4 Å². The first-order chi connectivity index (χ1) is 6.61. The fraction of sp³-hybridized carbons (Fsp3) is 0.500. The Hall–Kier alpha value is -0.870. The van der Waals surface area contributed by atoms with E-state index in [4.69, 9.17) is 0 Å². The maximum atomic E-state index is 11.4. The number of hydrogen-bond donors (Lipinski definition) is 2. The number of aliphatic hydroxyl groups excluding tert-OH is 1. The van der Waals surface area contributed by atoms with Crippen LogP contribution in [0, 0.1) is 5.92 Å². The van der Waals surface area contributed by atoms with Crippen LogP contribution in [0.4, 0.5) is 0 Å². The molecular weight excluding hydrogens is 198 g/mol. The van der Waals surface area contributed by atoms with Gasteiger partial charge in [0, 0.05) is 17.5 Å². The van der Waals surface area contributed by atoms with Crippen molar-refractivity contribution in [3.8, 4) is 0 Å². The molecule has 0 aliphatic heterocycles. The Morgan fingerprint density at radius 3 is 2.86 bits per heavy atom. The largest absolute Gasteiger partial charge is 0.391 e. The van der Waals surface area contributed by atoms with Crippen molar-refractivity contribution in [3.63, 3.8) is 0 Å². The molecular formula is C10H15NO2S. The molecule has 0 aliphatic carbocycles. The summed E-state index contributed by atoms with van der Waals surface area (Å²) >= 11 is 1.49. The normalized spacial score (nSPS) is 12.9. The number of rotatable bonds is 4. The van der Waals surface area contributed by atoms with Crippen molar-refractivity contribution in [2.45, 2.75) is 20.0 Å². The van der Waals surface area contributed by atoms with Crippen LogP contribution >= 0.6 is 11.3 Å². The van der Waals surface area contributed by atoms with Gasteiger partial charge in [-0.3, -0.25) is 4.79 Å². The molecule has 1 atom stereocenters. The summed E-state index contributed by atoms with van der Waals surface area (Å²) in [5, 5.41) is 15.8. The minimum absolute atomic E-state index is 0.119. The van der Waals surface area contributed by atoms with E-state index in [0.29, 0.717) is 12.1 Å². The summed E-state index contributed by atoms with van der Waals surface area (Å²) in [6.07, 6.45) is -0.474. The first kappa shape index (κ1) is 11.2. The molecule has 0 saturated carbocycles. The Morgan fingerprint density at radius 2 is 2.36 bits per heavy atom. The third-order valence-electron chi connectivity index (χ3n) is 2.02. The Balaban J connectivity index is 2.36. The summed E-state index contributed by atoms with van der Waals surface area (Å²) in [6.45, 7) is 4.15. The number of carbonyl (C=O) groups excluding carboxylic acids is 1. The van der Waals surface area contributed by atoms with E-state index in [9.17, 15) is 9.90 Å². The predicted octanol–water partition coefficient (Wildman–Crippen LogP) is 1.49. The first-order valence-electron chi connectivity index (χ1n) is 4.59. The minimum Gasteiger partial charge on any atom is -0.391 e. The smallest absolute Gasteiger partial charge is 0.252 e. The third-order valence-corrected chi connectivity index (χ3v) is 2.71. The Kier molecular flexibility index (Phi) is 4.10. The Morgan fingerprint density at radius 1 is 1.64 bits per heavy atom. The molecule has 3 nitrogen and oxygen atoms in total. The van der Waals surface area contributed by atoms with Gasteiger partial charge >= 0.3 is 0 Å². The molecule has 0 bridgehead atoms. The fourth-order valence-electron chi connectivity index (χ4n) is 0.929. The van der Waals surface area contributed by atoms with Gasteiger partial charge in [-0.05, 0) is 17.4 Å². The molecule has 1 heterocycles. The van der Waals surface area contributed by atoms with Gasteiger partial charge in [-0.2, -0.15) is 11.3 Å². The molecule has 2 N–H and O–H groups in total. The van der Waals surface area contributed by atoms with Crippen molar-refractivity contribution >= 4 is 17.2 Å². The van der Waals surface area contributed by atoms with E-state index in [1.54, 1.807) is 11.4 Å². The number of thiophene rings is 1. The highest BCUT2D eigenvalue weighted by molar-refractivity contribution is 7.08. The lowest BCUT2D eigenvalue weighted by Gasteiger charge is -2.14. The van der Waals surface area contributed by atoms with E-state index in [-0.39, 0.29) is 11.8 Å². The van der Waals surface area contributed by atoms with Gasteiger partial charge in [0.2, 0.25) is 0 Å². The highest BCUT2D eigenvalue weighted by atomic mass is 32.1. The van der Waals surface area contributed by atoms with E-state index in [1.165, 1.54) is 11.3 Å². The molecule has 0 spiro atoms. The molecule has 0 aliphatic rings. The van der Waals surface area contributed by atoms with E-state index in [0.717, 1.165) is 0 Å². The first-order valence-corrected chi connectivity index (χ1v) is 5.54. The van der Waals surface area contributed by atoms with Crippen molar-refractivity contribution in [1.82, 2.24) is 5.32 Å². The molecule has 0 radical (unpaired) electrons. The number of hydrogen-bond acceptors (Lipinski definition) is 3. The Bertz CT molecular complexity index is 282. The number of nitrogens with one attached hydrogen (secondary N) is 1. The maximum absolute atomic E-state index is 11.4. The van der Waals surface area contributed by atoms with Crippen LogP contribution in [-0.2, 0) is 0 Å². The molecule has 0 saturated heterocycles. The van der Waals surface area contributed by atoms with Crippen LogP contribution in [0.15, 0.2) is 16.8 Å². The van der Waals surface area contributed by atoms with E-state index >= 15 is 0 Å². The molecule has 1 aromatic heterocycles. The predicted molar refractivity (Wildman–Crippen MR) is 57.5 cm³/mol. The van der Waals surface area contributed by atoms with Gasteiger partial charge in [-0.1, -0.05) is 13.8 Å². The summed E-state index contributed by atoms with van der Waals surface area (Å²) in [4.78, 5) is 11.4. The van der Waals surface area contributed by atoms with Gasteiger partial charge < -0.3 is 10.4 Å². The highest BCUT2D eigenvalue weighted by Gasteiger charge is 2.11. The summed E-state index contributed by atoms with van der Waals surface area (Å²) < 4.78 is 0. The van der Waals surface area contributed by atoms with Gasteiger partial charge in [0.1, 0.15) is 0 Å². The highest BCUT2D eigenvalue weighted by Crippen LogP contribution is 2.05. The Labute approximate surface area is 87.8 Å². The van der Waals surface area contributed by atoms with Crippen LogP contribution < -0.4 is 5.32 Å². The summed E-state index contributed by atoms with van der Waals surface area (Å²) in [7, 11) is 0. The van der Waals surface area contributed by atoms with Gasteiger partial charge in [0.05, 0.1) is 6.10 Å². The van der Waals surface area contributed by atoms with Crippen LogP contribution in [0.1, 0.15) is 24.2 Å². The van der Waals surface area contributed by atoms with Crippen LogP contribution in [-0.4, -0.2) is 23.7 Å². The van der Waals surface area contributed by atoms with Crippen molar-refractivity contribution in [2.24, 2.45) is 5.92 Å². The van der Waals surface area contributed by atoms with Crippen LogP contribution in [0.5, 0.6) is 0 Å². The van der Waals surface area contributed by atoms with Crippen LogP contribution in [0.25, 0.3) is 0 Å². The van der Waals surface area contributed by atoms with Gasteiger partial charge in [0.15, 0.2) is 0 Å². The molecule has 1 aromatic rings. The molecule has 14 heavy (non-hydrogen) atoms. The van der Waals surface area contributed by atoms with Gasteiger partial charge in [-0.15, -0.1) is 0 Å². The summed E-state index contributed by atoms with van der Waals surface area (Å²) in [5.74, 6) is 0.0451. The monoisotopic (exact) mass is 213 g/mol. The van der Waals surface area contributed by atoms with Gasteiger partial charge in [0.25, 0.3) is 5.91 Å². The summed E-state index contributed by atoms with van der Waals surface area (Å²) in [5.41, 5.74) is 0.658. The number of carbonyl (C=O) groups is 1. The van der Waals surface area contributed by atoms with E-state index < -0.39 is 6.10 Å². The molecule has 0 fully saturated rings. The molecule has 1 rings (SSSR count). The fourth-order valence-corrected chi connectivity index (χ4v) is 1.56. The lowest BCUT2D eigenvalue weighted by molar-refractivity contribution is 0.0872. The molecule has 1 amide bonds. The second kappa shape index (κ2) is 5.12. The van der Waals surface area contributed by atoms with Gasteiger partial charge in [-0.25, -0.2) is 0 Å². The average Bonchev–Trinajstić information content (AvgIpc) is 2.66. The zero-order valence-corrected chi connectivity index (χ0v) is 9.17. The third kappa shape index (κ3) is 3.12. The molecule has 1 unspecified atom stereocenters.